The molecule has 0 atom stereocenters. The lowest BCUT2D eigenvalue weighted by atomic mass is 10.1. The van der Waals surface area contributed by atoms with Gasteiger partial charge in [-0.15, -0.1) is 0 Å². The molecule has 0 nitrogen and oxygen atoms in total. The molecule has 1 heteroatoms. The van der Waals surface area contributed by atoms with Gasteiger partial charge in [0.05, 0.1) is 10.9 Å². The van der Waals surface area contributed by atoms with Gasteiger partial charge < -0.3 is 0 Å². The van der Waals surface area contributed by atoms with E-state index in [1.165, 1.54) is 92.6 Å². The lowest BCUT2D eigenvalue weighted by molar-refractivity contribution is 0.548. The first-order valence-corrected chi connectivity index (χ1v) is 12.6. The zero-order valence-corrected chi connectivity index (χ0v) is 18.2. The summed E-state index contributed by atoms with van der Waals surface area (Å²) in [5, 5.41) is 0. The first-order valence-electron chi connectivity index (χ1n) is 11.2. The van der Waals surface area contributed by atoms with Crippen LogP contribution < -0.4 is 0 Å². The highest BCUT2D eigenvalue weighted by atomic mass is 32.2. The van der Waals surface area contributed by atoms with E-state index >= 15 is 0 Å². The van der Waals surface area contributed by atoms with Crippen molar-refractivity contribution in [2.24, 2.45) is 0 Å². The van der Waals surface area contributed by atoms with Crippen LogP contribution in [0.5, 0.6) is 0 Å². The molecule has 0 saturated carbocycles. The van der Waals surface area contributed by atoms with Crippen molar-refractivity contribution in [3.05, 3.63) is 60.7 Å². The molecular weight excluding hydrogens is 344 g/mol. The van der Waals surface area contributed by atoms with E-state index in [-0.39, 0.29) is 10.9 Å². The summed E-state index contributed by atoms with van der Waals surface area (Å²) in [6.07, 6.45) is 17.1. The first kappa shape index (κ1) is 22.1. The smallest absolute Gasteiger partial charge is 0.0654 e. The van der Waals surface area contributed by atoms with Crippen molar-refractivity contribution in [2.45, 2.75) is 93.8 Å². The van der Waals surface area contributed by atoms with Crippen LogP contribution in [0.4, 0.5) is 0 Å². The summed E-state index contributed by atoms with van der Waals surface area (Å²) >= 11 is 0. The molecule has 0 saturated heterocycles. The fourth-order valence-corrected chi connectivity index (χ4v) is 5.84. The molecule has 0 spiro atoms. The van der Waals surface area contributed by atoms with Crippen molar-refractivity contribution in [1.82, 2.24) is 0 Å². The fourth-order valence-electron chi connectivity index (χ4n) is 3.63. The van der Waals surface area contributed by atoms with Crippen LogP contribution in [0.15, 0.2) is 70.5 Å². The molecule has 2 aromatic rings. The lowest BCUT2D eigenvalue weighted by Crippen LogP contribution is -2.08. The quantitative estimate of drug-likeness (QED) is 0.214. The van der Waals surface area contributed by atoms with Crippen molar-refractivity contribution in [1.29, 1.82) is 0 Å². The molecule has 0 radical (unpaired) electrons. The minimum Gasteiger partial charge on any atom is -0.0654 e. The van der Waals surface area contributed by atoms with Gasteiger partial charge in [0.15, 0.2) is 9.79 Å². The Hall–Kier alpha value is -1.21. The van der Waals surface area contributed by atoms with Crippen LogP contribution >= 0.6 is 0 Å². The molecule has 0 heterocycles. The summed E-state index contributed by atoms with van der Waals surface area (Å²) in [5.41, 5.74) is 0. The minimum atomic E-state index is 0.234. The number of benzene rings is 2. The van der Waals surface area contributed by atoms with E-state index in [0.717, 1.165) is 0 Å². The van der Waals surface area contributed by atoms with Gasteiger partial charge in [0, 0.05) is 0 Å². The Morgan fingerprint density at radius 3 is 1.26 bits per heavy atom. The number of hydrogen-bond acceptors (Lipinski definition) is 0. The molecule has 2 aromatic carbocycles. The average molecular weight is 384 g/mol. The summed E-state index contributed by atoms with van der Waals surface area (Å²) in [6.45, 7) is 2.29. The summed E-state index contributed by atoms with van der Waals surface area (Å²) in [7, 11) is 0.234. The van der Waals surface area contributed by atoms with E-state index < -0.39 is 0 Å². The molecular formula is C26H39S+. The largest absolute Gasteiger partial charge is 0.160 e. The topological polar surface area (TPSA) is 0 Å². The van der Waals surface area contributed by atoms with Gasteiger partial charge in [0.1, 0.15) is 5.75 Å². The van der Waals surface area contributed by atoms with Crippen LogP contribution in [0.3, 0.4) is 0 Å². The third kappa shape index (κ3) is 9.51. The van der Waals surface area contributed by atoms with Crippen LogP contribution in [-0.2, 0) is 10.9 Å². The predicted molar refractivity (Wildman–Crippen MR) is 123 cm³/mol. The van der Waals surface area contributed by atoms with Gasteiger partial charge in [0.2, 0.25) is 0 Å². The van der Waals surface area contributed by atoms with Crippen LogP contribution in [-0.4, -0.2) is 5.75 Å². The summed E-state index contributed by atoms with van der Waals surface area (Å²) in [5.74, 6) is 1.30. The zero-order chi connectivity index (χ0) is 19.0. The molecule has 0 unspecified atom stereocenters. The van der Waals surface area contributed by atoms with Gasteiger partial charge in [-0.05, 0) is 37.1 Å². The highest BCUT2D eigenvalue weighted by molar-refractivity contribution is 7.97. The van der Waals surface area contributed by atoms with Gasteiger partial charge in [-0.3, -0.25) is 0 Å². The van der Waals surface area contributed by atoms with Gasteiger partial charge in [0.25, 0.3) is 0 Å². The average Bonchev–Trinajstić information content (AvgIpc) is 2.73. The predicted octanol–water partition coefficient (Wildman–Crippen LogP) is 8.42. The van der Waals surface area contributed by atoms with Crippen LogP contribution in [0, 0.1) is 0 Å². The van der Waals surface area contributed by atoms with Gasteiger partial charge in [-0.1, -0.05) is 108 Å². The van der Waals surface area contributed by atoms with Gasteiger partial charge >= 0.3 is 0 Å². The summed E-state index contributed by atoms with van der Waals surface area (Å²) in [4.78, 5) is 2.98. The third-order valence-corrected chi connectivity index (χ3v) is 7.64. The lowest BCUT2D eigenvalue weighted by Gasteiger charge is -2.08. The molecule has 148 valence electrons. The molecule has 27 heavy (non-hydrogen) atoms. The molecule has 0 fully saturated rings. The van der Waals surface area contributed by atoms with E-state index in [1.54, 1.807) is 0 Å². The van der Waals surface area contributed by atoms with Crippen molar-refractivity contribution in [3.8, 4) is 0 Å². The first-order chi connectivity index (χ1) is 13.4. The Bertz CT molecular complexity index is 524. The van der Waals surface area contributed by atoms with E-state index in [9.17, 15) is 0 Å². The maximum Gasteiger partial charge on any atom is 0.160 e. The van der Waals surface area contributed by atoms with Gasteiger partial charge in [-0.25, -0.2) is 0 Å². The van der Waals surface area contributed by atoms with Gasteiger partial charge in [-0.2, -0.15) is 0 Å². The van der Waals surface area contributed by atoms with Crippen LogP contribution in [0.1, 0.15) is 84.0 Å². The molecule has 2 rings (SSSR count). The SMILES string of the molecule is CCCCCCCCCCCCCC[S+](c1ccccc1)c1ccccc1. The Morgan fingerprint density at radius 2 is 0.852 bits per heavy atom. The number of unbranched alkanes of at least 4 members (excludes halogenated alkanes) is 11. The number of hydrogen-bond donors (Lipinski definition) is 0. The highest BCUT2D eigenvalue weighted by Gasteiger charge is 2.23. The normalized spacial score (nSPS) is 11.2. The van der Waals surface area contributed by atoms with Crippen molar-refractivity contribution >= 4 is 10.9 Å². The zero-order valence-electron chi connectivity index (χ0n) is 17.4. The molecule has 0 bridgehead atoms. The second kappa shape index (κ2) is 14.8. The van der Waals surface area contributed by atoms with Crippen molar-refractivity contribution < 1.29 is 0 Å². The maximum atomic E-state index is 2.30. The van der Waals surface area contributed by atoms with E-state index in [1.807, 2.05) is 0 Å². The van der Waals surface area contributed by atoms with E-state index in [4.69, 9.17) is 0 Å². The molecule has 0 aromatic heterocycles. The Morgan fingerprint density at radius 1 is 0.481 bits per heavy atom. The second-order valence-corrected chi connectivity index (χ2v) is 9.74. The Balaban J connectivity index is 1.60. The van der Waals surface area contributed by atoms with Crippen molar-refractivity contribution in [3.63, 3.8) is 0 Å². The van der Waals surface area contributed by atoms with E-state index in [0.29, 0.717) is 0 Å². The third-order valence-electron chi connectivity index (χ3n) is 5.26. The van der Waals surface area contributed by atoms with Crippen LogP contribution in [0.2, 0.25) is 0 Å². The standard InChI is InChI=1S/C26H39S/c1-2-3-4-5-6-7-8-9-10-11-12-19-24-27(25-20-15-13-16-21-25)26-22-17-14-18-23-26/h13-18,20-23H,2-12,19,24H2,1H3/q+1. The van der Waals surface area contributed by atoms with Crippen molar-refractivity contribution in [2.75, 3.05) is 5.75 Å². The number of rotatable bonds is 15. The fraction of sp³-hybridized carbons (Fsp3) is 0.538. The summed E-state index contributed by atoms with van der Waals surface area (Å²) < 4.78 is 0. The minimum absolute atomic E-state index is 0.234. The second-order valence-electron chi connectivity index (χ2n) is 7.61. The maximum absolute atomic E-state index is 2.30. The monoisotopic (exact) mass is 383 g/mol. The Labute approximate surface area is 171 Å². The molecule has 0 aliphatic rings. The highest BCUT2D eigenvalue weighted by Crippen LogP contribution is 2.25. The molecule has 0 amide bonds. The summed E-state index contributed by atoms with van der Waals surface area (Å²) in [6, 6.07) is 22.2. The molecule has 0 aliphatic heterocycles. The Kier molecular flexibility index (Phi) is 12.1. The van der Waals surface area contributed by atoms with Crippen LogP contribution in [0.25, 0.3) is 0 Å². The molecule has 0 aliphatic carbocycles. The molecule has 0 N–H and O–H groups in total. The van der Waals surface area contributed by atoms with E-state index in [2.05, 4.69) is 67.6 Å².